The molecule has 15 heavy (non-hydrogen) atoms. The molecule has 4 heteroatoms. The Kier molecular flexibility index (Phi) is 5.05. The molecule has 0 aromatic carbocycles. The first-order valence-corrected chi connectivity index (χ1v) is 5.96. The van der Waals surface area contributed by atoms with E-state index in [2.05, 4.69) is 46.8 Å². The second-order valence-corrected chi connectivity index (χ2v) is 4.79. The van der Waals surface area contributed by atoms with Gasteiger partial charge in [-0.05, 0) is 36.2 Å². The van der Waals surface area contributed by atoms with Crippen molar-refractivity contribution in [3.63, 3.8) is 0 Å². The van der Waals surface area contributed by atoms with Crippen LogP contribution in [0.4, 0.5) is 0 Å². The third-order valence-corrected chi connectivity index (χ3v) is 2.56. The van der Waals surface area contributed by atoms with E-state index in [1.807, 2.05) is 17.0 Å². The highest BCUT2D eigenvalue weighted by atomic mass is 79.9. The van der Waals surface area contributed by atoms with E-state index in [4.69, 9.17) is 0 Å². The standard InChI is InChI=1S/C11H18BrN3/c1-4-5-9(2)14-10(3)7-15-8-11(12)6-13-15/h4,6,8-10,14H,1,5,7H2,2-3H3. The summed E-state index contributed by atoms with van der Waals surface area (Å²) in [5.41, 5.74) is 0. The lowest BCUT2D eigenvalue weighted by Gasteiger charge is -2.18. The van der Waals surface area contributed by atoms with Crippen molar-refractivity contribution in [2.24, 2.45) is 0 Å². The molecule has 0 saturated heterocycles. The Balaban J connectivity index is 2.35. The molecule has 1 aromatic heterocycles. The zero-order valence-electron chi connectivity index (χ0n) is 9.28. The van der Waals surface area contributed by atoms with Crippen molar-refractivity contribution in [1.82, 2.24) is 15.1 Å². The SMILES string of the molecule is C=CCC(C)NC(C)Cn1cc(Br)cn1. The van der Waals surface area contributed by atoms with Crippen LogP contribution in [-0.2, 0) is 6.54 Å². The largest absolute Gasteiger partial charge is 0.310 e. The predicted octanol–water partition coefficient (Wildman–Crippen LogP) is 2.59. The third-order valence-electron chi connectivity index (χ3n) is 2.15. The molecule has 1 rings (SSSR count). The fourth-order valence-corrected chi connectivity index (χ4v) is 1.90. The first-order chi connectivity index (χ1) is 7.11. The number of hydrogen-bond acceptors (Lipinski definition) is 2. The van der Waals surface area contributed by atoms with E-state index >= 15 is 0 Å². The molecular formula is C11H18BrN3. The van der Waals surface area contributed by atoms with Gasteiger partial charge >= 0.3 is 0 Å². The van der Waals surface area contributed by atoms with Gasteiger partial charge in [-0.25, -0.2) is 0 Å². The molecule has 1 heterocycles. The van der Waals surface area contributed by atoms with E-state index in [1.54, 1.807) is 6.20 Å². The fourth-order valence-electron chi connectivity index (χ4n) is 1.58. The van der Waals surface area contributed by atoms with E-state index < -0.39 is 0 Å². The molecule has 2 unspecified atom stereocenters. The van der Waals surface area contributed by atoms with Crippen LogP contribution in [0.5, 0.6) is 0 Å². The van der Waals surface area contributed by atoms with Crippen LogP contribution in [0.15, 0.2) is 29.5 Å². The molecule has 2 atom stereocenters. The zero-order valence-corrected chi connectivity index (χ0v) is 10.9. The molecule has 0 radical (unpaired) electrons. The number of nitrogens with zero attached hydrogens (tertiary/aromatic N) is 2. The monoisotopic (exact) mass is 271 g/mol. The third kappa shape index (κ3) is 4.62. The van der Waals surface area contributed by atoms with Crippen LogP contribution in [0.2, 0.25) is 0 Å². The van der Waals surface area contributed by atoms with Crippen molar-refractivity contribution >= 4 is 15.9 Å². The van der Waals surface area contributed by atoms with Gasteiger partial charge in [-0.3, -0.25) is 4.68 Å². The minimum absolute atomic E-state index is 0.409. The van der Waals surface area contributed by atoms with Gasteiger partial charge in [0.2, 0.25) is 0 Å². The molecule has 0 amide bonds. The summed E-state index contributed by atoms with van der Waals surface area (Å²) in [7, 11) is 0. The van der Waals surface area contributed by atoms with Gasteiger partial charge in [0.25, 0.3) is 0 Å². The number of hydrogen-bond donors (Lipinski definition) is 1. The molecule has 0 spiro atoms. The number of halogens is 1. The summed E-state index contributed by atoms with van der Waals surface area (Å²) >= 11 is 3.38. The maximum Gasteiger partial charge on any atom is 0.0632 e. The highest BCUT2D eigenvalue weighted by molar-refractivity contribution is 9.10. The molecule has 0 aliphatic rings. The average Bonchev–Trinajstić information content (AvgIpc) is 2.51. The summed E-state index contributed by atoms with van der Waals surface area (Å²) in [5, 5.41) is 7.71. The lowest BCUT2D eigenvalue weighted by Crippen LogP contribution is -2.37. The summed E-state index contributed by atoms with van der Waals surface area (Å²) in [5.74, 6) is 0. The lowest BCUT2D eigenvalue weighted by molar-refractivity contribution is 0.408. The molecule has 0 aliphatic carbocycles. The Morgan fingerprint density at radius 1 is 1.60 bits per heavy atom. The van der Waals surface area contributed by atoms with Gasteiger partial charge in [0, 0.05) is 18.3 Å². The van der Waals surface area contributed by atoms with Crippen molar-refractivity contribution in [1.29, 1.82) is 0 Å². The van der Waals surface area contributed by atoms with E-state index in [9.17, 15) is 0 Å². The summed E-state index contributed by atoms with van der Waals surface area (Å²) in [6.45, 7) is 8.94. The van der Waals surface area contributed by atoms with Crippen LogP contribution in [-0.4, -0.2) is 21.9 Å². The van der Waals surface area contributed by atoms with Gasteiger partial charge in [-0.2, -0.15) is 5.10 Å². The first kappa shape index (κ1) is 12.5. The first-order valence-electron chi connectivity index (χ1n) is 5.16. The maximum absolute atomic E-state index is 4.22. The minimum Gasteiger partial charge on any atom is -0.310 e. The second-order valence-electron chi connectivity index (χ2n) is 3.87. The van der Waals surface area contributed by atoms with Crippen LogP contribution in [0.25, 0.3) is 0 Å². The smallest absolute Gasteiger partial charge is 0.0632 e. The minimum atomic E-state index is 0.409. The number of nitrogens with one attached hydrogen (secondary N) is 1. The fraction of sp³-hybridized carbons (Fsp3) is 0.545. The average molecular weight is 272 g/mol. The Bertz CT molecular complexity index is 309. The molecule has 1 aromatic rings. The highest BCUT2D eigenvalue weighted by Gasteiger charge is 2.07. The molecule has 1 N–H and O–H groups in total. The van der Waals surface area contributed by atoms with E-state index in [0.717, 1.165) is 17.4 Å². The van der Waals surface area contributed by atoms with Gasteiger partial charge in [0.1, 0.15) is 0 Å². The quantitative estimate of drug-likeness (QED) is 0.807. The van der Waals surface area contributed by atoms with Crippen molar-refractivity contribution in [2.75, 3.05) is 0 Å². The molecule has 0 aliphatic heterocycles. The van der Waals surface area contributed by atoms with E-state index in [-0.39, 0.29) is 0 Å². The maximum atomic E-state index is 4.22. The van der Waals surface area contributed by atoms with Crippen LogP contribution >= 0.6 is 15.9 Å². The van der Waals surface area contributed by atoms with Crippen molar-refractivity contribution in [3.05, 3.63) is 29.5 Å². The summed E-state index contributed by atoms with van der Waals surface area (Å²) in [4.78, 5) is 0. The summed E-state index contributed by atoms with van der Waals surface area (Å²) in [6, 6.07) is 0.878. The predicted molar refractivity (Wildman–Crippen MR) is 66.8 cm³/mol. The lowest BCUT2D eigenvalue weighted by atomic mass is 10.2. The van der Waals surface area contributed by atoms with Gasteiger partial charge in [-0.1, -0.05) is 6.08 Å². The Morgan fingerprint density at radius 3 is 2.87 bits per heavy atom. The topological polar surface area (TPSA) is 29.9 Å². The molecule has 0 fully saturated rings. The summed E-state index contributed by atoms with van der Waals surface area (Å²) in [6.07, 6.45) is 6.72. The highest BCUT2D eigenvalue weighted by Crippen LogP contribution is 2.06. The van der Waals surface area contributed by atoms with E-state index in [0.29, 0.717) is 12.1 Å². The molecule has 0 saturated carbocycles. The Morgan fingerprint density at radius 2 is 2.33 bits per heavy atom. The van der Waals surface area contributed by atoms with Gasteiger partial charge in [-0.15, -0.1) is 6.58 Å². The second kappa shape index (κ2) is 6.08. The molecule has 3 nitrogen and oxygen atoms in total. The van der Waals surface area contributed by atoms with Crippen LogP contribution < -0.4 is 5.32 Å². The number of aromatic nitrogens is 2. The Hall–Kier alpha value is -0.610. The van der Waals surface area contributed by atoms with E-state index in [1.165, 1.54) is 0 Å². The molecule has 0 bridgehead atoms. The summed E-state index contributed by atoms with van der Waals surface area (Å²) < 4.78 is 2.95. The van der Waals surface area contributed by atoms with Gasteiger partial charge < -0.3 is 5.32 Å². The van der Waals surface area contributed by atoms with Crippen molar-refractivity contribution < 1.29 is 0 Å². The molecule has 84 valence electrons. The van der Waals surface area contributed by atoms with Crippen LogP contribution in [0.1, 0.15) is 20.3 Å². The Labute approximate surface area is 99.7 Å². The number of rotatable bonds is 6. The van der Waals surface area contributed by atoms with Gasteiger partial charge in [0.05, 0.1) is 17.2 Å². The van der Waals surface area contributed by atoms with Crippen LogP contribution in [0, 0.1) is 0 Å². The van der Waals surface area contributed by atoms with Crippen molar-refractivity contribution in [3.8, 4) is 0 Å². The normalized spacial score (nSPS) is 14.9. The van der Waals surface area contributed by atoms with Crippen LogP contribution in [0.3, 0.4) is 0 Å². The van der Waals surface area contributed by atoms with Gasteiger partial charge in [0.15, 0.2) is 0 Å². The molecular weight excluding hydrogens is 254 g/mol. The van der Waals surface area contributed by atoms with Crippen molar-refractivity contribution in [2.45, 2.75) is 38.9 Å². The zero-order chi connectivity index (χ0) is 11.3.